The Morgan fingerprint density at radius 3 is 2.73 bits per heavy atom. The van der Waals surface area contributed by atoms with E-state index in [4.69, 9.17) is 16.3 Å². The third kappa shape index (κ3) is 6.16. The fourth-order valence-corrected chi connectivity index (χ4v) is 6.05. The van der Waals surface area contributed by atoms with Gasteiger partial charge in [0.25, 0.3) is 0 Å². The van der Waals surface area contributed by atoms with Crippen molar-refractivity contribution >= 4 is 40.2 Å². The maximum atomic E-state index is 15.6. The molecule has 0 saturated carbocycles. The van der Waals surface area contributed by atoms with E-state index in [0.717, 1.165) is 6.07 Å². The molecule has 5 nitrogen and oxygen atoms in total. The molecule has 198 valence electrons. The van der Waals surface area contributed by atoms with Crippen LogP contribution in [0.15, 0.2) is 47.5 Å². The summed E-state index contributed by atoms with van der Waals surface area (Å²) >= 11 is 7.56. The van der Waals surface area contributed by atoms with E-state index >= 15 is 4.39 Å². The molecule has 0 aliphatic carbocycles. The Bertz CT molecular complexity index is 1270. The number of pyridine rings is 1. The van der Waals surface area contributed by atoms with E-state index in [2.05, 4.69) is 9.88 Å². The van der Waals surface area contributed by atoms with Crippen molar-refractivity contribution in [1.82, 2.24) is 9.88 Å². The zero-order valence-electron chi connectivity index (χ0n) is 20.4. The van der Waals surface area contributed by atoms with Gasteiger partial charge in [0.15, 0.2) is 11.6 Å². The summed E-state index contributed by atoms with van der Waals surface area (Å²) in [4.78, 5) is 18.9. The predicted molar refractivity (Wildman–Crippen MR) is 139 cm³/mol. The van der Waals surface area contributed by atoms with Gasteiger partial charge in [-0.15, -0.1) is 11.8 Å². The lowest BCUT2D eigenvalue weighted by atomic mass is 9.74. The fraction of sp³-hybridized carbons (Fsp3) is 0.407. The molecule has 1 aromatic heterocycles. The van der Waals surface area contributed by atoms with E-state index in [0.29, 0.717) is 60.4 Å². The average molecular weight is 553 g/mol. The number of rotatable bonds is 10. The van der Waals surface area contributed by atoms with Crippen LogP contribution in [-0.4, -0.2) is 53.5 Å². The fourth-order valence-electron chi connectivity index (χ4n) is 4.82. The molecule has 0 amide bonds. The number of nitrogens with zero attached hydrogens (tertiary/aromatic N) is 2. The van der Waals surface area contributed by atoms with Gasteiger partial charge in [0.1, 0.15) is 11.9 Å². The molecule has 1 unspecified atom stereocenters. The number of carboxylic acid groups (broad SMARTS) is 1. The molecule has 1 aliphatic heterocycles. The van der Waals surface area contributed by atoms with Crippen molar-refractivity contribution in [2.45, 2.75) is 36.8 Å². The normalized spacial score (nSPS) is 16.6. The van der Waals surface area contributed by atoms with Crippen LogP contribution in [0.5, 0.6) is 5.75 Å². The van der Waals surface area contributed by atoms with Gasteiger partial charge in [0, 0.05) is 34.3 Å². The van der Waals surface area contributed by atoms with E-state index < -0.39 is 29.2 Å². The topological polar surface area (TPSA) is 62.7 Å². The summed E-state index contributed by atoms with van der Waals surface area (Å²) in [5.74, 6) is -1.55. The number of thioether (sulfide) groups is 1. The van der Waals surface area contributed by atoms with Gasteiger partial charge in [-0.3, -0.25) is 9.78 Å². The van der Waals surface area contributed by atoms with Crippen LogP contribution >= 0.6 is 23.4 Å². The first-order chi connectivity index (χ1) is 17.7. The summed E-state index contributed by atoms with van der Waals surface area (Å²) in [5.41, 5.74) is -0.152. The second-order valence-corrected chi connectivity index (χ2v) is 10.8. The van der Waals surface area contributed by atoms with Crippen LogP contribution in [0.1, 0.15) is 37.4 Å². The van der Waals surface area contributed by atoms with E-state index in [-0.39, 0.29) is 22.8 Å². The van der Waals surface area contributed by atoms with Gasteiger partial charge < -0.3 is 14.7 Å². The van der Waals surface area contributed by atoms with Crippen LogP contribution in [-0.2, 0) is 4.79 Å². The molecular weight excluding hydrogens is 525 g/mol. The molecule has 3 aromatic rings. The van der Waals surface area contributed by atoms with E-state index in [9.17, 15) is 18.7 Å². The van der Waals surface area contributed by atoms with Gasteiger partial charge in [-0.05, 0) is 69.1 Å². The number of carbonyl (C=O) groups is 1. The Morgan fingerprint density at radius 1 is 1.27 bits per heavy atom. The Kier molecular flexibility index (Phi) is 8.87. The summed E-state index contributed by atoms with van der Waals surface area (Å²) in [6, 6.07) is 9.25. The van der Waals surface area contributed by atoms with E-state index in [1.165, 1.54) is 37.2 Å². The van der Waals surface area contributed by atoms with Crippen molar-refractivity contribution in [3.8, 4) is 5.75 Å². The van der Waals surface area contributed by atoms with Crippen molar-refractivity contribution in [1.29, 1.82) is 0 Å². The van der Waals surface area contributed by atoms with Crippen LogP contribution in [0.2, 0.25) is 5.02 Å². The van der Waals surface area contributed by atoms with Gasteiger partial charge in [0.2, 0.25) is 0 Å². The number of likely N-dealkylation sites (tertiary alicyclic amines) is 1. The quantitative estimate of drug-likeness (QED) is 0.275. The SMILES string of the molecule is COc1ccc2ncc(Cl)c(C(F)CCC3(C(=O)O)CCN(CCSc4cccc(F)c4F)CC3)c2c1. The molecular formula is C27H28ClF3N2O3S. The summed E-state index contributed by atoms with van der Waals surface area (Å²) in [7, 11) is 1.52. The Balaban J connectivity index is 1.37. The van der Waals surface area contributed by atoms with E-state index in [1.54, 1.807) is 18.2 Å². The number of hydrogen-bond acceptors (Lipinski definition) is 5. The third-order valence-corrected chi connectivity index (χ3v) is 8.42. The maximum absolute atomic E-state index is 15.6. The largest absolute Gasteiger partial charge is 0.497 e. The minimum atomic E-state index is -1.46. The number of ether oxygens (including phenoxy) is 1. The molecule has 37 heavy (non-hydrogen) atoms. The van der Waals surface area contributed by atoms with Crippen LogP contribution < -0.4 is 4.74 Å². The van der Waals surface area contributed by atoms with E-state index in [1.807, 2.05) is 0 Å². The molecule has 0 spiro atoms. The molecule has 0 radical (unpaired) electrons. The summed E-state index contributed by atoms with van der Waals surface area (Å²) in [5, 5.41) is 10.8. The predicted octanol–water partition coefficient (Wildman–Crippen LogP) is 6.92. The van der Waals surface area contributed by atoms with Crippen LogP contribution in [0, 0.1) is 17.0 Å². The average Bonchev–Trinajstić information content (AvgIpc) is 2.90. The minimum absolute atomic E-state index is 0.0110. The Hall–Kier alpha value is -2.49. The highest BCUT2D eigenvalue weighted by Gasteiger charge is 2.41. The first-order valence-corrected chi connectivity index (χ1v) is 13.4. The number of hydrogen-bond donors (Lipinski definition) is 1. The molecule has 1 aliphatic rings. The molecule has 4 rings (SSSR count). The smallest absolute Gasteiger partial charge is 0.309 e. The Labute approximate surface area is 223 Å². The number of alkyl halides is 1. The van der Waals surface area contributed by atoms with Crippen LogP contribution in [0.3, 0.4) is 0 Å². The highest BCUT2D eigenvalue weighted by Crippen LogP contribution is 2.42. The number of halogens is 4. The number of benzene rings is 2. The molecule has 2 aromatic carbocycles. The number of fused-ring (bicyclic) bond motifs is 1. The summed E-state index contributed by atoms with van der Waals surface area (Å²) in [6.45, 7) is 1.68. The zero-order valence-corrected chi connectivity index (χ0v) is 21.9. The summed E-state index contributed by atoms with van der Waals surface area (Å²) < 4.78 is 48.1. The van der Waals surface area contributed by atoms with Crippen LogP contribution in [0.4, 0.5) is 13.2 Å². The number of carboxylic acids is 1. The second kappa shape index (κ2) is 11.9. The van der Waals surface area contributed by atoms with Gasteiger partial charge in [-0.1, -0.05) is 17.7 Å². The monoisotopic (exact) mass is 552 g/mol. The van der Waals surface area contributed by atoms with Crippen molar-refractivity contribution in [2.75, 3.05) is 32.5 Å². The van der Waals surface area contributed by atoms with Crippen molar-refractivity contribution < 1.29 is 27.8 Å². The third-order valence-electron chi connectivity index (χ3n) is 7.11. The molecule has 1 fully saturated rings. The van der Waals surface area contributed by atoms with Gasteiger partial charge >= 0.3 is 5.97 Å². The molecule has 1 atom stereocenters. The summed E-state index contributed by atoms with van der Waals surface area (Å²) in [6.07, 6.45) is 0.899. The standard InChI is InChI=1S/C27H28ClF3N2O3S/c1-36-17-5-6-22-18(15-17)24(19(28)16-32-22)20(29)7-8-27(26(34)35)9-11-33(12-10-27)13-14-37-23-4-2-3-21(30)25(23)31/h2-6,15-16,20H,7-14H2,1H3,(H,34,35). The highest BCUT2D eigenvalue weighted by molar-refractivity contribution is 7.99. The van der Waals surface area contributed by atoms with Gasteiger partial charge in [0.05, 0.1) is 23.1 Å². The molecule has 1 saturated heterocycles. The van der Waals surface area contributed by atoms with Crippen molar-refractivity contribution in [3.63, 3.8) is 0 Å². The second-order valence-electron chi connectivity index (χ2n) is 9.24. The maximum Gasteiger partial charge on any atom is 0.309 e. The lowest BCUT2D eigenvalue weighted by Crippen LogP contribution is -2.45. The van der Waals surface area contributed by atoms with Crippen molar-refractivity contribution in [3.05, 3.63) is 64.8 Å². The number of aromatic nitrogens is 1. The number of piperidine rings is 1. The lowest BCUT2D eigenvalue weighted by molar-refractivity contribution is -0.153. The lowest BCUT2D eigenvalue weighted by Gasteiger charge is -2.39. The molecule has 10 heteroatoms. The molecule has 1 N–H and O–H groups in total. The van der Waals surface area contributed by atoms with Crippen molar-refractivity contribution in [2.24, 2.45) is 5.41 Å². The van der Waals surface area contributed by atoms with Gasteiger partial charge in [-0.2, -0.15) is 0 Å². The highest BCUT2D eigenvalue weighted by atomic mass is 35.5. The zero-order chi connectivity index (χ0) is 26.6. The molecule has 0 bridgehead atoms. The minimum Gasteiger partial charge on any atom is -0.497 e. The first kappa shape index (κ1) is 27.5. The number of methoxy groups -OCH3 is 1. The first-order valence-electron chi connectivity index (χ1n) is 12.0. The van der Waals surface area contributed by atoms with Crippen LogP contribution in [0.25, 0.3) is 10.9 Å². The Morgan fingerprint density at radius 2 is 2.03 bits per heavy atom. The number of aliphatic carboxylic acids is 1. The van der Waals surface area contributed by atoms with Gasteiger partial charge in [-0.25, -0.2) is 13.2 Å². The molecule has 2 heterocycles.